The fraction of sp³-hybridized carbons (Fsp3) is 0.381. The van der Waals surface area contributed by atoms with Gasteiger partial charge >= 0.3 is 0 Å². The zero-order chi connectivity index (χ0) is 23.3. The Kier molecular flexibility index (Phi) is 7.34. The molecule has 0 radical (unpaired) electrons. The van der Waals surface area contributed by atoms with E-state index in [9.17, 15) is 13.6 Å². The maximum absolute atomic E-state index is 14.5. The first-order chi connectivity index (χ1) is 15.3. The van der Waals surface area contributed by atoms with Gasteiger partial charge in [-0.3, -0.25) is 14.8 Å². The maximum atomic E-state index is 14.5. The highest BCUT2D eigenvalue weighted by Gasteiger charge is 2.46. The lowest BCUT2D eigenvalue weighted by Gasteiger charge is -2.43. The molecule has 2 aromatic heterocycles. The minimum Gasteiger partial charge on any atom is -0.404 e. The number of aliphatic imine (C=N–C) groups is 1. The summed E-state index contributed by atoms with van der Waals surface area (Å²) in [5.41, 5.74) is 6.42. The number of nitrogens with two attached hydrogens (primary N) is 1. The molecule has 0 spiro atoms. The summed E-state index contributed by atoms with van der Waals surface area (Å²) >= 11 is 5.80. The summed E-state index contributed by atoms with van der Waals surface area (Å²) < 4.78 is 28.9. The molecule has 0 aliphatic carbocycles. The smallest absolute Gasteiger partial charge is 0.265 e. The number of carbonyl (C=O) groups is 1. The molecule has 170 valence electrons. The molecular weight excluding hydrogens is 440 g/mol. The first kappa shape index (κ1) is 23.5. The van der Waals surface area contributed by atoms with Gasteiger partial charge in [-0.2, -0.15) is 0 Å². The van der Waals surface area contributed by atoms with Crippen molar-refractivity contribution in [1.82, 2.24) is 19.9 Å². The number of hydrogen-bond donors (Lipinski definition) is 2. The zero-order valence-corrected chi connectivity index (χ0v) is 18.4. The fourth-order valence-electron chi connectivity index (χ4n) is 3.76. The summed E-state index contributed by atoms with van der Waals surface area (Å²) in [6.07, 6.45) is 5.13. The molecule has 1 saturated heterocycles. The predicted octanol–water partition coefficient (Wildman–Crippen LogP) is 2.77. The zero-order valence-electron chi connectivity index (χ0n) is 17.7. The van der Waals surface area contributed by atoms with Gasteiger partial charge in [0.1, 0.15) is 0 Å². The topological polar surface area (TPSA) is 109 Å². The summed E-state index contributed by atoms with van der Waals surface area (Å²) in [6, 6.07) is 4.57. The van der Waals surface area contributed by atoms with E-state index in [0.29, 0.717) is 10.7 Å². The molecule has 3 heterocycles. The quantitative estimate of drug-likeness (QED) is 0.503. The van der Waals surface area contributed by atoms with E-state index in [2.05, 4.69) is 25.3 Å². The molecule has 2 atom stereocenters. The van der Waals surface area contributed by atoms with E-state index in [1.165, 1.54) is 19.4 Å². The van der Waals surface area contributed by atoms with Crippen LogP contribution < -0.4 is 11.1 Å². The van der Waals surface area contributed by atoms with Crippen molar-refractivity contribution in [3.05, 3.63) is 59.3 Å². The highest BCUT2D eigenvalue weighted by atomic mass is 35.5. The van der Waals surface area contributed by atoms with Crippen molar-refractivity contribution in [2.45, 2.75) is 25.3 Å². The molecule has 1 fully saturated rings. The van der Waals surface area contributed by atoms with Crippen LogP contribution in [-0.4, -0.2) is 63.6 Å². The summed E-state index contributed by atoms with van der Waals surface area (Å²) in [5, 5.41) is 3.38. The summed E-state index contributed by atoms with van der Waals surface area (Å²) in [6.45, 7) is 1.12. The maximum Gasteiger partial charge on any atom is 0.265 e. The van der Waals surface area contributed by atoms with Gasteiger partial charge < -0.3 is 16.0 Å². The van der Waals surface area contributed by atoms with Gasteiger partial charge in [-0.05, 0) is 18.1 Å². The number of nitrogens with zero attached hydrogens (tertiary/aromatic N) is 5. The summed E-state index contributed by atoms with van der Waals surface area (Å²) in [4.78, 5) is 31.1. The Balaban J connectivity index is 1.88. The largest absolute Gasteiger partial charge is 0.404 e. The van der Waals surface area contributed by atoms with E-state index in [4.69, 9.17) is 17.3 Å². The van der Waals surface area contributed by atoms with Crippen LogP contribution in [0.1, 0.15) is 19.0 Å². The van der Waals surface area contributed by atoms with Gasteiger partial charge in [0.2, 0.25) is 5.95 Å². The lowest BCUT2D eigenvalue weighted by atomic mass is 9.87. The van der Waals surface area contributed by atoms with Crippen LogP contribution in [0, 0.1) is 5.92 Å². The van der Waals surface area contributed by atoms with Crippen LogP contribution >= 0.6 is 11.6 Å². The molecule has 0 bridgehead atoms. The third-order valence-electron chi connectivity index (χ3n) is 5.21. The number of carbonyl (C=O) groups excluding carboxylic acids is 1. The SMILES string of the molecule is CN=C(C(=CN)C(=O)N1CC(F)(F)C[C@@H](C)C1CNc1ncc(Cl)cn1)c1ccccn1. The van der Waals surface area contributed by atoms with E-state index in [1.54, 1.807) is 31.3 Å². The Morgan fingerprint density at radius 2 is 2.09 bits per heavy atom. The molecule has 11 heteroatoms. The summed E-state index contributed by atoms with van der Waals surface area (Å²) in [5.74, 6) is -3.89. The Bertz CT molecular complexity index is 999. The molecule has 1 aliphatic rings. The van der Waals surface area contributed by atoms with Crippen molar-refractivity contribution in [3.63, 3.8) is 0 Å². The van der Waals surface area contributed by atoms with Crippen molar-refractivity contribution in [3.8, 4) is 0 Å². The van der Waals surface area contributed by atoms with Crippen LogP contribution in [0.15, 0.2) is 53.6 Å². The average Bonchev–Trinajstić information content (AvgIpc) is 2.77. The van der Waals surface area contributed by atoms with Gasteiger partial charge in [0, 0.05) is 32.4 Å². The van der Waals surface area contributed by atoms with E-state index in [1.807, 2.05) is 0 Å². The third-order valence-corrected chi connectivity index (χ3v) is 5.41. The van der Waals surface area contributed by atoms with Crippen LogP contribution in [0.5, 0.6) is 0 Å². The molecular formula is C21H24ClF2N7O. The predicted molar refractivity (Wildman–Crippen MR) is 119 cm³/mol. The molecule has 0 saturated carbocycles. The molecule has 2 aromatic rings. The van der Waals surface area contributed by atoms with Crippen LogP contribution in [0.25, 0.3) is 0 Å². The Morgan fingerprint density at radius 1 is 1.38 bits per heavy atom. The number of amides is 1. The van der Waals surface area contributed by atoms with Crippen molar-refractivity contribution < 1.29 is 13.6 Å². The normalized spacial score (nSPS) is 21.3. The molecule has 3 rings (SSSR count). The fourth-order valence-corrected chi connectivity index (χ4v) is 3.86. The monoisotopic (exact) mass is 463 g/mol. The van der Waals surface area contributed by atoms with Gasteiger partial charge in [-0.15, -0.1) is 0 Å². The molecule has 0 aromatic carbocycles. The van der Waals surface area contributed by atoms with E-state index < -0.39 is 30.3 Å². The number of rotatable bonds is 6. The number of aromatic nitrogens is 3. The van der Waals surface area contributed by atoms with Gasteiger partial charge in [-0.25, -0.2) is 18.7 Å². The van der Waals surface area contributed by atoms with Crippen LogP contribution in [0.4, 0.5) is 14.7 Å². The minimum atomic E-state index is -3.03. The highest BCUT2D eigenvalue weighted by Crippen LogP contribution is 2.35. The molecule has 32 heavy (non-hydrogen) atoms. The van der Waals surface area contributed by atoms with Crippen molar-refractivity contribution in [1.29, 1.82) is 0 Å². The lowest BCUT2D eigenvalue weighted by Crippen LogP contribution is -2.58. The molecule has 1 amide bonds. The molecule has 1 unspecified atom stereocenters. The van der Waals surface area contributed by atoms with Crippen molar-refractivity contribution >= 4 is 29.2 Å². The van der Waals surface area contributed by atoms with Gasteiger partial charge in [0.15, 0.2) is 0 Å². The average molecular weight is 464 g/mol. The molecule has 1 aliphatic heterocycles. The Hall–Kier alpha value is -3.14. The number of anilines is 1. The van der Waals surface area contributed by atoms with Crippen LogP contribution in [-0.2, 0) is 4.79 Å². The Labute approximate surface area is 189 Å². The second kappa shape index (κ2) is 9.99. The number of likely N-dealkylation sites (tertiary alicyclic amines) is 1. The van der Waals surface area contributed by atoms with E-state index >= 15 is 0 Å². The van der Waals surface area contributed by atoms with Gasteiger partial charge in [0.05, 0.1) is 47.0 Å². The highest BCUT2D eigenvalue weighted by molar-refractivity contribution is 6.30. The number of alkyl halides is 2. The lowest BCUT2D eigenvalue weighted by molar-refractivity contribution is -0.147. The van der Waals surface area contributed by atoms with E-state index in [-0.39, 0.29) is 30.2 Å². The number of pyridine rings is 1. The molecule has 8 nitrogen and oxygen atoms in total. The minimum absolute atomic E-state index is 0.00356. The number of halogens is 3. The number of piperidine rings is 1. The number of nitrogens with one attached hydrogen (secondary N) is 1. The number of hydrogen-bond acceptors (Lipinski definition) is 7. The van der Waals surface area contributed by atoms with Gasteiger partial charge in [0.25, 0.3) is 11.8 Å². The second-order valence-electron chi connectivity index (χ2n) is 7.51. The first-order valence-electron chi connectivity index (χ1n) is 9.96. The first-order valence-corrected chi connectivity index (χ1v) is 10.3. The standard InChI is InChI=1S/C21H24ClF2N7O/c1-13-7-21(23,24)12-31(17(13)11-30-20-28-9-14(22)10-29-20)19(32)15(8-25)18(26-2)16-5-3-4-6-27-16/h3-6,8-10,13,17H,7,11-12,25H2,1-2H3,(H,28,29,30)/t13-,17?/m1/s1. The third kappa shape index (κ3) is 5.37. The van der Waals surface area contributed by atoms with Crippen molar-refractivity contribution in [2.75, 3.05) is 25.5 Å². The van der Waals surface area contributed by atoms with E-state index in [0.717, 1.165) is 11.1 Å². The summed E-state index contributed by atoms with van der Waals surface area (Å²) in [7, 11) is 1.49. The molecule has 3 N–H and O–H groups in total. The van der Waals surface area contributed by atoms with Gasteiger partial charge in [-0.1, -0.05) is 24.6 Å². The van der Waals surface area contributed by atoms with Crippen LogP contribution in [0.2, 0.25) is 5.02 Å². The van der Waals surface area contributed by atoms with Crippen LogP contribution in [0.3, 0.4) is 0 Å². The Morgan fingerprint density at radius 3 is 2.69 bits per heavy atom. The van der Waals surface area contributed by atoms with Crippen molar-refractivity contribution in [2.24, 2.45) is 16.6 Å². The second-order valence-corrected chi connectivity index (χ2v) is 7.95.